The molecule has 1 aromatic heterocycles. The van der Waals surface area contributed by atoms with Gasteiger partial charge in [0.2, 0.25) is 0 Å². The van der Waals surface area contributed by atoms with Gasteiger partial charge in [0.1, 0.15) is 0 Å². The molecule has 0 saturated carbocycles. The van der Waals surface area contributed by atoms with Crippen molar-refractivity contribution in [2.24, 2.45) is 5.92 Å². The Balaban J connectivity index is 2.59. The van der Waals surface area contributed by atoms with Crippen LogP contribution in [0.5, 0.6) is 0 Å². The predicted octanol–water partition coefficient (Wildman–Crippen LogP) is 3.29. The quantitative estimate of drug-likeness (QED) is 0.766. The molecule has 108 valence electrons. The second-order valence-electron chi connectivity index (χ2n) is 4.76. The largest absolute Gasteiger partial charge is 0.297 e. The molecule has 0 aliphatic heterocycles. The summed E-state index contributed by atoms with van der Waals surface area (Å²) in [5, 5.41) is 7.47. The van der Waals surface area contributed by atoms with Gasteiger partial charge in [-0.15, -0.1) is 10.2 Å². The Labute approximate surface area is 130 Å². The van der Waals surface area contributed by atoms with Crippen LogP contribution in [0.25, 0.3) is 11.4 Å². The van der Waals surface area contributed by atoms with Gasteiger partial charge in [-0.25, -0.2) is 8.42 Å². The van der Waals surface area contributed by atoms with E-state index in [0.29, 0.717) is 12.4 Å². The second-order valence-corrected chi connectivity index (χ2v) is 8.13. The number of halogens is 2. The third-order valence-electron chi connectivity index (χ3n) is 2.59. The van der Waals surface area contributed by atoms with Gasteiger partial charge in [-0.1, -0.05) is 41.9 Å². The fourth-order valence-corrected chi connectivity index (χ4v) is 2.98. The molecule has 0 unspecified atom stereocenters. The van der Waals surface area contributed by atoms with E-state index in [1.165, 1.54) is 4.57 Å². The molecular weight excluding hydrogens is 366 g/mol. The summed E-state index contributed by atoms with van der Waals surface area (Å²) >= 11 is 3.35. The van der Waals surface area contributed by atoms with Crippen LogP contribution in [0.1, 0.15) is 13.8 Å². The molecular formula is C12H13BrClN3O2S. The first-order valence-electron chi connectivity index (χ1n) is 5.93. The van der Waals surface area contributed by atoms with Crippen LogP contribution in [0.3, 0.4) is 0 Å². The zero-order valence-electron chi connectivity index (χ0n) is 10.9. The van der Waals surface area contributed by atoms with Crippen molar-refractivity contribution in [1.29, 1.82) is 0 Å². The van der Waals surface area contributed by atoms with Gasteiger partial charge in [-0.3, -0.25) is 4.57 Å². The monoisotopic (exact) mass is 377 g/mol. The lowest BCUT2D eigenvalue weighted by Gasteiger charge is -2.11. The molecule has 0 N–H and O–H groups in total. The van der Waals surface area contributed by atoms with Crippen molar-refractivity contribution < 1.29 is 8.42 Å². The third-order valence-corrected chi connectivity index (χ3v) is 4.27. The molecule has 0 amide bonds. The van der Waals surface area contributed by atoms with Gasteiger partial charge < -0.3 is 0 Å². The SMILES string of the molecule is CC(C)Cn1c(-c2ccc(Br)cc2)nnc1S(=O)(=O)Cl. The average Bonchev–Trinajstić information content (AvgIpc) is 2.72. The standard InChI is InChI=1S/C12H13BrClN3O2S/c1-8(2)7-17-11(9-3-5-10(13)6-4-9)15-16-12(17)20(14,18)19/h3-6,8H,7H2,1-2H3. The molecule has 0 saturated heterocycles. The van der Waals surface area contributed by atoms with Crippen LogP contribution in [0, 0.1) is 5.92 Å². The molecule has 2 aromatic rings. The van der Waals surface area contributed by atoms with E-state index in [-0.39, 0.29) is 11.1 Å². The summed E-state index contributed by atoms with van der Waals surface area (Å²) in [7, 11) is 1.49. The number of rotatable bonds is 4. The molecule has 2 rings (SSSR count). The molecule has 20 heavy (non-hydrogen) atoms. The zero-order valence-corrected chi connectivity index (χ0v) is 14.1. The smallest absolute Gasteiger partial charge is 0.296 e. The van der Waals surface area contributed by atoms with E-state index in [4.69, 9.17) is 10.7 Å². The average molecular weight is 379 g/mol. The Morgan fingerprint density at radius 2 is 1.85 bits per heavy atom. The van der Waals surface area contributed by atoms with Gasteiger partial charge in [0.05, 0.1) is 0 Å². The topological polar surface area (TPSA) is 64.8 Å². The van der Waals surface area contributed by atoms with Crippen LogP contribution in [-0.4, -0.2) is 23.2 Å². The lowest BCUT2D eigenvalue weighted by molar-refractivity contribution is 0.488. The van der Waals surface area contributed by atoms with E-state index in [0.717, 1.165) is 10.0 Å². The summed E-state index contributed by atoms with van der Waals surface area (Å²) in [5.74, 6) is 0.725. The number of nitrogens with zero attached hydrogens (tertiary/aromatic N) is 3. The predicted molar refractivity (Wildman–Crippen MR) is 81.0 cm³/mol. The van der Waals surface area contributed by atoms with Crippen molar-refractivity contribution in [2.45, 2.75) is 25.5 Å². The maximum atomic E-state index is 11.6. The number of hydrogen-bond acceptors (Lipinski definition) is 4. The summed E-state index contributed by atoms with van der Waals surface area (Å²) < 4.78 is 25.6. The van der Waals surface area contributed by atoms with Crippen molar-refractivity contribution in [3.8, 4) is 11.4 Å². The summed E-state index contributed by atoms with van der Waals surface area (Å²) in [4.78, 5) is 0. The van der Waals surface area contributed by atoms with Gasteiger partial charge in [0.25, 0.3) is 14.2 Å². The Bertz CT molecular complexity index is 711. The van der Waals surface area contributed by atoms with E-state index in [9.17, 15) is 8.42 Å². The Kier molecular flexibility index (Phi) is 4.51. The van der Waals surface area contributed by atoms with Crippen molar-refractivity contribution in [1.82, 2.24) is 14.8 Å². The number of hydrogen-bond donors (Lipinski definition) is 0. The minimum absolute atomic E-state index is 0.217. The fourth-order valence-electron chi connectivity index (χ4n) is 1.81. The minimum atomic E-state index is -3.92. The van der Waals surface area contributed by atoms with E-state index < -0.39 is 9.05 Å². The van der Waals surface area contributed by atoms with Crippen LogP contribution in [0.2, 0.25) is 0 Å². The van der Waals surface area contributed by atoms with Gasteiger partial charge in [0.15, 0.2) is 5.82 Å². The summed E-state index contributed by atoms with van der Waals surface area (Å²) in [6.45, 7) is 4.44. The van der Waals surface area contributed by atoms with E-state index in [1.807, 2.05) is 38.1 Å². The van der Waals surface area contributed by atoms with Gasteiger partial charge in [-0.05, 0) is 18.1 Å². The Morgan fingerprint density at radius 1 is 1.25 bits per heavy atom. The molecule has 5 nitrogen and oxygen atoms in total. The van der Waals surface area contributed by atoms with Crippen molar-refractivity contribution in [3.05, 3.63) is 28.7 Å². The summed E-state index contributed by atoms with van der Waals surface area (Å²) in [6, 6.07) is 7.41. The maximum Gasteiger partial charge on any atom is 0.296 e. The summed E-state index contributed by atoms with van der Waals surface area (Å²) in [5.41, 5.74) is 0.785. The number of benzene rings is 1. The molecule has 0 radical (unpaired) electrons. The van der Waals surface area contributed by atoms with E-state index >= 15 is 0 Å². The Hall–Kier alpha value is -0.920. The van der Waals surface area contributed by atoms with E-state index in [1.54, 1.807) is 0 Å². The first-order chi connectivity index (χ1) is 9.29. The molecule has 8 heteroatoms. The van der Waals surface area contributed by atoms with Crippen LogP contribution in [0.4, 0.5) is 0 Å². The first-order valence-corrected chi connectivity index (χ1v) is 9.03. The normalized spacial score (nSPS) is 12.1. The summed E-state index contributed by atoms with van der Waals surface area (Å²) in [6.07, 6.45) is 0. The van der Waals surface area contributed by atoms with Crippen LogP contribution >= 0.6 is 26.6 Å². The van der Waals surface area contributed by atoms with E-state index in [2.05, 4.69) is 26.1 Å². The van der Waals surface area contributed by atoms with Crippen LogP contribution in [0.15, 0.2) is 33.9 Å². The maximum absolute atomic E-state index is 11.6. The van der Waals surface area contributed by atoms with Crippen LogP contribution in [-0.2, 0) is 15.6 Å². The first kappa shape index (κ1) is 15.5. The van der Waals surface area contributed by atoms with Crippen molar-refractivity contribution in [3.63, 3.8) is 0 Å². The fraction of sp³-hybridized carbons (Fsp3) is 0.333. The highest BCUT2D eigenvalue weighted by Gasteiger charge is 2.23. The van der Waals surface area contributed by atoms with Crippen molar-refractivity contribution in [2.75, 3.05) is 0 Å². The highest BCUT2D eigenvalue weighted by Crippen LogP contribution is 2.24. The van der Waals surface area contributed by atoms with Gasteiger partial charge in [0, 0.05) is 27.3 Å². The molecule has 1 heterocycles. The molecule has 0 spiro atoms. The van der Waals surface area contributed by atoms with Crippen molar-refractivity contribution >= 4 is 35.7 Å². The van der Waals surface area contributed by atoms with Gasteiger partial charge in [-0.2, -0.15) is 0 Å². The molecule has 0 fully saturated rings. The Morgan fingerprint density at radius 3 is 2.35 bits per heavy atom. The zero-order chi connectivity index (χ0) is 14.9. The lowest BCUT2D eigenvalue weighted by Crippen LogP contribution is -2.11. The third kappa shape index (κ3) is 3.39. The van der Waals surface area contributed by atoms with Gasteiger partial charge >= 0.3 is 0 Å². The molecule has 0 atom stereocenters. The molecule has 0 aliphatic rings. The van der Waals surface area contributed by atoms with Crippen LogP contribution < -0.4 is 0 Å². The second kappa shape index (κ2) is 5.83. The number of aromatic nitrogens is 3. The highest BCUT2D eigenvalue weighted by molar-refractivity contribution is 9.10. The molecule has 0 aliphatic carbocycles. The molecule has 1 aromatic carbocycles. The molecule has 0 bridgehead atoms. The highest BCUT2D eigenvalue weighted by atomic mass is 79.9. The lowest BCUT2D eigenvalue weighted by atomic mass is 10.2. The minimum Gasteiger partial charge on any atom is -0.297 e.